The van der Waals surface area contributed by atoms with Crippen LogP contribution < -0.4 is 0 Å². The Bertz CT molecular complexity index is 382. The number of carbonyl (C=O) groups is 2. The second kappa shape index (κ2) is 6.96. The average molecular weight is 255 g/mol. The van der Waals surface area contributed by atoms with Gasteiger partial charge in [0, 0.05) is 5.57 Å². The first-order chi connectivity index (χ1) is 8.22. The van der Waals surface area contributed by atoms with Gasteiger partial charge >= 0.3 is 11.9 Å². The highest BCUT2D eigenvalue weighted by Crippen LogP contribution is 2.17. The number of hydrogen-bond acceptors (Lipinski definition) is 5. The summed E-state index contributed by atoms with van der Waals surface area (Å²) in [5.41, 5.74) is 0.546. The number of methoxy groups -OCH3 is 1. The Labute approximate surface area is 108 Å². The van der Waals surface area contributed by atoms with Crippen LogP contribution in [-0.4, -0.2) is 44.1 Å². The lowest BCUT2D eigenvalue weighted by Crippen LogP contribution is -2.31. The fraction of sp³-hybridized carbons (Fsp3) is 0.538. The van der Waals surface area contributed by atoms with Crippen LogP contribution in [0.25, 0.3) is 0 Å². The number of esters is 2. The summed E-state index contributed by atoms with van der Waals surface area (Å²) in [6.07, 6.45) is 0. The Hall–Kier alpha value is -1.62. The van der Waals surface area contributed by atoms with Crippen molar-refractivity contribution in [3.63, 3.8) is 0 Å². The Kier molecular flexibility index (Phi) is 6.33. The predicted octanol–water partition coefficient (Wildman–Crippen LogP) is 1.50. The Morgan fingerprint density at radius 1 is 1.17 bits per heavy atom. The van der Waals surface area contributed by atoms with Crippen LogP contribution in [-0.2, 0) is 19.1 Å². The van der Waals surface area contributed by atoms with Gasteiger partial charge in [-0.25, -0.2) is 9.59 Å². The van der Waals surface area contributed by atoms with Crippen LogP contribution in [0.2, 0.25) is 0 Å². The molecule has 0 aromatic rings. The molecule has 0 fully saturated rings. The van der Waals surface area contributed by atoms with Crippen molar-refractivity contribution in [3.8, 4) is 0 Å². The topological polar surface area (TPSA) is 55.8 Å². The van der Waals surface area contributed by atoms with E-state index in [0.29, 0.717) is 0 Å². The zero-order chi connectivity index (χ0) is 14.5. The molecule has 0 aliphatic rings. The molecule has 5 heteroatoms. The van der Waals surface area contributed by atoms with E-state index in [2.05, 4.69) is 11.3 Å². The van der Waals surface area contributed by atoms with Crippen LogP contribution in [0.3, 0.4) is 0 Å². The van der Waals surface area contributed by atoms with Crippen molar-refractivity contribution in [3.05, 3.63) is 23.5 Å². The molecule has 0 bridgehead atoms. The second-order valence-electron chi connectivity index (χ2n) is 4.29. The molecule has 1 atom stereocenters. The third-order valence-electron chi connectivity index (χ3n) is 2.57. The molecule has 5 nitrogen and oxygen atoms in total. The van der Waals surface area contributed by atoms with Crippen LogP contribution in [0, 0.1) is 0 Å². The lowest BCUT2D eigenvalue weighted by molar-refractivity contribution is -0.138. The Morgan fingerprint density at radius 2 is 1.67 bits per heavy atom. The maximum Gasteiger partial charge on any atom is 0.338 e. The van der Waals surface area contributed by atoms with E-state index in [1.807, 2.05) is 25.9 Å². The van der Waals surface area contributed by atoms with E-state index >= 15 is 0 Å². The SMILES string of the molecule is C=C(C)C(=O)O/C(=C(\C)C(=O)OC)C(C)N(C)C. The van der Waals surface area contributed by atoms with Crippen molar-refractivity contribution in [2.75, 3.05) is 21.2 Å². The largest absolute Gasteiger partial charge is 0.466 e. The maximum absolute atomic E-state index is 11.6. The van der Waals surface area contributed by atoms with Gasteiger partial charge in [0.2, 0.25) is 0 Å². The molecule has 0 aromatic carbocycles. The molecular formula is C13H21NO4. The smallest absolute Gasteiger partial charge is 0.338 e. The van der Waals surface area contributed by atoms with Gasteiger partial charge in [0.15, 0.2) is 0 Å². The standard InChI is InChI=1S/C13H21NO4/c1-8(2)12(15)18-11(10(4)14(5)6)9(3)13(16)17-7/h10H,1H2,2-7H3/b11-9+. The predicted molar refractivity (Wildman–Crippen MR) is 68.8 cm³/mol. The van der Waals surface area contributed by atoms with Gasteiger partial charge in [0.1, 0.15) is 5.76 Å². The van der Waals surface area contributed by atoms with Crippen LogP contribution in [0.4, 0.5) is 0 Å². The fourth-order valence-corrected chi connectivity index (χ4v) is 1.15. The first kappa shape index (κ1) is 16.4. The average Bonchev–Trinajstić information content (AvgIpc) is 2.32. The maximum atomic E-state index is 11.6. The summed E-state index contributed by atoms with van der Waals surface area (Å²) in [6, 6.07) is -0.229. The van der Waals surface area contributed by atoms with E-state index in [9.17, 15) is 9.59 Å². The number of ether oxygens (including phenoxy) is 2. The summed E-state index contributed by atoms with van der Waals surface area (Å²) in [6.45, 7) is 8.45. The van der Waals surface area contributed by atoms with Crippen LogP contribution >= 0.6 is 0 Å². The summed E-state index contributed by atoms with van der Waals surface area (Å²) in [7, 11) is 4.93. The lowest BCUT2D eigenvalue weighted by Gasteiger charge is -2.23. The van der Waals surface area contributed by atoms with Gasteiger partial charge in [0.25, 0.3) is 0 Å². The van der Waals surface area contributed by atoms with Crippen molar-refractivity contribution in [1.29, 1.82) is 0 Å². The molecule has 0 aliphatic carbocycles. The molecule has 0 spiro atoms. The third-order valence-corrected chi connectivity index (χ3v) is 2.57. The highest BCUT2D eigenvalue weighted by Gasteiger charge is 2.23. The first-order valence-corrected chi connectivity index (χ1v) is 5.55. The molecule has 102 valence electrons. The molecule has 0 saturated heterocycles. The minimum atomic E-state index is -0.554. The van der Waals surface area contributed by atoms with Crippen molar-refractivity contribution in [2.45, 2.75) is 26.8 Å². The first-order valence-electron chi connectivity index (χ1n) is 5.55. The highest BCUT2D eigenvalue weighted by molar-refractivity contribution is 5.91. The zero-order valence-electron chi connectivity index (χ0n) is 11.9. The fourth-order valence-electron chi connectivity index (χ4n) is 1.15. The van der Waals surface area contributed by atoms with Gasteiger partial charge in [-0.3, -0.25) is 4.90 Å². The van der Waals surface area contributed by atoms with Crippen molar-refractivity contribution in [1.82, 2.24) is 4.90 Å². The molecule has 0 saturated carbocycles. The van der Waals surface area contributed by atoms with E-state index in [1.54, 1.807) is 13.8 Å². The normalized spacial score (nSPS) is 13.7. The quantitative estimate of drug-likeness (QED) is 0.423. The second-order valence-corrected chi connectivity index (χ2v) is 4.29. The third kappa shape index (κ3) is 4.33. The van der Waals surface area contributed by atoms with E-state index in [4.69, 9.17) is 4.74 Å². The van der Waals surface area contributed by atoms with Gasteiger partial charge in [-0.05, 0) is 34.9 Å². The number of hydrogen-bond donors (Lipinski definition) is 0. The van der Waals surface area contributed by atoms with Crippen LogP contribution in [0.5, 0.6) is 0 Å². The van der Waals surface area contributed by atoms with Gasteiger partial charge in [-0.2, -0.15) is 0 Å². The van der Waals surface area contributed by atoms with E-state index in [-0.39, 0.29) is 22.9 Å². The molecule has 0 amide bonds. The van der Waals surface area contributed by atoms with Gasteiger partial charge in [-0.15, -0.1) is 0 Å². The van der Waals surface area contributed by atoms with Crippen molar-refractivity contribution < 1.29 is 19.1 Å². The molecule has 0 radical (unpaired) electrons. The van der Waals surface area contributed by atoms with Crippen molar-refractivity contribution >= 4 is 11.9 Å². The number of carbonyl (C=O) groups excluding carboxylic acids is 2. The molecule has 18 heavy (non-hydrogen) atoms. The van der Waals surface area contributed by atoms with E-state index in [0.717, 1.165) is 0 Å². The molecule has 0 heterocycles. The number of nitrogens with zero attached hydrogens (tertiary/aromatic N) is 1. The van der Waals surface area contributed by atoms with E-state index in [1.165, 1.54) is 7.11 Å². The van der Waals surface area contributed by atoms with Crippen LogP contribution in [0.1, 0.15) is 20.8 Å². The summed E-state index contributed by atoms with van der Waals surface area (Å²) >= 11 is 0. The highest BCUT2D eigenvalue weighted by atomic mass is 16.5. The molecule has 0 N–H and O–H groups in total. The van der Waals surface area contributed by atoms with Crippen molar-refractivity contribution in [2.24, 2.45) is 0 Å². The van der Waals surface area contributed by atoms with Crippen LogP contribution in [0.15, 0.2) is 23.5 Å². The summed E-state index contributed by atoms with van der Waals surface area (Å²) < 4.78 is 9.85. The summed E-state index contributed by atoms with van der Waals surface area (Å²) in [5, 5.41) is 0. The summed E-state index contributed by atoms with van der Waals surface area (Å²) in [4.78, 5) is 24.9. The number of rotatable bonds is 5. The Morgan fingerprint density at radius 3 is 2.00 bits per heavy atom. The monoisotopic (exact) mass is 255 g/mol. The molecule has 0 rings (SSSR count). The minimum Gasteiger partial charge on any atom is -0.466 e. The van der Waals surface area contributed by atoms with E-state index < -0.39 is 11.9 Å². The summed E-state index contributed by atoms with van der Waals surface area (Å²) in [5.74, 6) is -0.796. The molecule has 1 unspecified atom stereocenters. The molecule has 0 aliphatic heterocycles. The van der Waals surface area contributed by atoms with Gasteiger partial charge in [0.05, 0.1) is 18.7 Å². The zero-order valence-corrected chi connectivity index (χ0v) is 11.9. The number of likely N-dealkylation sites (N-methyl/N-ethyl adjacent to an activating group) is 1. The van der Waals surface area contributed by atoms with Gasteiger partial charge < -0.3 is 9.47 Å². The van der Waals surface area contributed by atoms with Gasteiger partial charge in [-0.1, -0.05) is 6.58 Å². The molecular weight excluding hydrogens is 234 g/mol. The minimum absolute atomic E-state index is 0.229. The lowest BCUT2D eigenvalue weighted by atomic mass is 10.1. The Balaban J connectivity index is 5.37. The molecule has 0 aromatic heterocycles.